The van der Waals surface area contributed by atoms with Crippen LogP contribution in [-0.4, -0.2) is 39.7 Å². The van der Waals surface area contributed by atoms with Crippen molar-refractivity contribution in [1.29, 1.82) is 0 Å². The summed E-state index contributed by atoms with van der Waals surface area (Å²) in [6.45, 7) is 11.2. The fourth-order valence-corrected chi connectivity index (χ4v) is 3.64. The topological polar surface area (TPSA) is 79.3 Å². The summed E-state index contributed by atoms with van der Waals surface area (Å²) in [5, 5.41) is 10.7. The third-order valence-electron chi connectivity index (χ3n) is 5.64. The Labute approximate surface area is 208 Å². The monoisotopic (exact) mass is 475 g/mol. The quantitative estimate of drug-likeness (QED) is 0.405. The second-order valence-electron chi connectivity index (χ2n) is 9.89. The molecule has 1 heterocycles. The molecule has 0 fully saturated rings. The predicted octanol–water partition coefficient (Wildman–Crippen LogP) is 5.43. The van der Waals surface area contributed by atoms with Gasteiger partial charge in [-0.25, -0.2) is 9.48 Å². The number of carbonyl (C=O) groups is 2. The number of carbonyl (C=O) groups excluding carboxylic acids is 2. The van der Waals surface area contributed by atoms with Crippen molar-refractivity contribution < 1.29 is 9.59 Å². The van der Waals surface area contributed by atoms with Crippen LogP contribution < -0.4 is 10.6 Å². The molecular weight excluding hydrogens is 438 g/mol. The number of urea groups is 1. The van der Waals surface area contributed by atoms with E-state index in [1.54, 1.807) is 9.58 Å². The zero-order valence-corrected chi connectivity index (χ0v) is 21.5. The van der Waals surface area contributed by atoms with E-state index in [1.807, 2.05) is 67.6 Å². The van der Waals surface area contributed by atoms with Crippen LogP contribution >= 0.6 is 0 Å². The van der Waals surface area contributed by atoms with Gasteiger partial charge in [-0.05, 0) is 36.6 Å². The molecule has 0 radical (unpaired) electrons. The number of aryl methyl sites for hydroxylation is 1. The molecule has 7 heteroatoms. The molecule has 186 valence electrons. The van der Waals surface area contributed by atoms with Gasteiger partial charge in [0.15, 0.2) is 0 Å². The van der Waals surface area contributed by atoms with Gasteiger partial charge in [-0.15, -0.1) is 0 Å². The minimum Gasteiger partial charge on any atom is -0.338 e. The Morgan fingerprint density at radius 2 is 1.77 bits per heavy atom. The van der Waals surface area contributed by atoms with Gasteiger partial charge in [0.05, 0.1) is 11.4 Å². The van der Waals surface area contributed by atoms with E-state index in [2.05, 4.69) is 38.3 Å². The average molecular weight is 476 g/mol. The molecule has 7 nitrogen and oxygen atoms in total. The van der Waals surface area contributed by atoms with Crippen molar-refractivity contribution in [1.82, 2.24) is 20.0 Å². The average Bonchev–Trinajstić information content (AvgIpc) is 3.23. The molecule has 0 atom stereocenters. The number of amides is 3. The lowest BCUT2D eigenvalue weighted by molar-refractivity contribution is -0.116. The van der Waals surface area contributed by atoms with Crippen molar-refractivity contribution in [2.45, 2.75) is 59.4 Å². The van der Waals surface area contributed by atoms with E-state index in [0.29, 0.717) is 18.9 Å². The third kappa shape index (κ3) is 7.44. The van der Waals surface area contributed by atoms with Crippen LogP contribution in [0.25, 0.3) is 5.69 Å². The van der Waals surface area contributed by atoms with Crippen LogP contribution in [0, 0.1) is 6.92 Å². The Morgan fingerprint density at radius 1 is 1.03 bits per heavy atom. The molecule has 1 aromatic heterocycles. The Morgan fingerprint density at radius 3 is 2.43 bits per heavy atom. The van der Waals surface area contributed by atoms with Gasteiger partial charge in [0.2, 0.25) is 5.91 Å². The largest absolute Gasteiger partial charge is 0.338 e. The predicted molar refractivity (Wildman–Crippen MR) is 141 cm³/mol. The number of rotatable bonds is 9. The summed E-state index contributed by atoms with van der Waals surface area (Å²) in [6.07, 6.45) is 1.88. The fraction of sp³-hybridized carbons (Fsp3) is 0.393. The van der Waals surface area contributed by atoms with E-state index in [-0.39, 0.29) is 23.9 Å². The van der Waals surface area contributed by atoms with Crippen molar-refractivity contribution >= 4 is 17.8 Å². The van der Waals surface area contributed by atoms with Gasteiger partial charge in [0, 0.05) is 24.6 Å². The first-order chi connectivity index (χ1) is 16.7. The molecular formula is C28H37N5O2. The highest BCUT2D eigenvalue weighted by Gasteiger charge is 2.23. The lowest BCUT2D eigenvalue weighted by Crippen LogP contribution is -2.44. The fourth-order valence-electron chi connectivity index (χ4n) is 3.64. The Bertz CT molecular complexity index is 1130. The maximum Gasteiger partial charge on any atom is 0.318 e. The summed E-state index contributed by atoms with van der Waals surface area (Å²) in [5.41, 5.74) is 3.62. The molecule has 3 rings (SSSR count). The van der Waals surface area contributed by atoms with Crippen LogP contribution in [0.4, 0.5) is 10.6 Å². The highest BCUT2D eigenvalue weighted by atomic mass is 16.2. The first-order valence-electron chi connectivity index (χ1n) is 12.2. The van der Waals surface area contributed by atoms with Crippen LogP contribution in [-0.2, 0) is 16.8 Å². The standard InChI is InChI=1S/C28H37N5O2/c1-6-7-16-29-27(35)32(19-22-13-9-8-10-14-22)20-26(34)30-25-18-24(28(3,4)5)31-33(25)23-15-11-12-21(2)17-23/h8-15,17-18H,6-7,16,19-20H2,1-5H3,(H,29,35)(H,30,34). The van der Waals surface area contributed by atoms with Crippen molar-refractivity contribution in [2.24, 2.45) is 0 Å². The lowest BCUT2D eigenvalue weighted by Gasteiger charge is -2.23. The van der Waals surface area contributed by atoms with Gasteiger partial charge < -0.3 is 15.5 Å². The number of anilines is 1. The molecule has 35 heavy (non-hydrogen) atoms. The van der Waals surface area contributed by atoms with E-state index < -0.39 is 0 Å². The SMILES string of the molecule is CCCCNC(=O)N(CC(=O)Nc1cc(C(C)(C)C)nn1-c1cccc(C)c1)Cc1ccccc1. The van der Waals surface area contributed by atoms with E-state index in [1.165, 1.54) is 0 Å². The molecule has 0 saturated heterocycles. The molecule has 3 amide bonds. The number of nitrogens with zero attached hydrogens (tertiary/aromatic N) is 3. The van der Waals surface area contributed by atoms with Crippen molar-refractivity contribution in [3.05, 3.63) is 77.5 Å². The maximum atomic E-state index is 13.2. The van der Waals surface area contributed by atoms with Crippen molar-refractivity contribution in [2.75, 3.05) is 18.4 Å². The minimum absolute atomic E-state index is 0.0727. The zero-order valence-electron chi connectivity index (χ0n) is 21.5. The van der Waals surface area contributed by atoms with Crippen LogP contribution in [0.5, 0.6) is 0 Å². The van der Waals surface area contributed by atoms with E-state index in [9.17, 15) is 9.59 Å². The summed E-state index contributed by atoms with van der Waals surface area (Å²) >= 11 is 0. The van der Waals surface area contributed by atoms with E-state index in [0.717, 1.165) is 35.3 Å². The normalized spacial score (nSPS) is 11.2. The molecule has 0 spiro atoms. The van der Waals surface area contributed by atoms with Gasteiger partial charge in [-0.1, -0.05) is 76.6 Å². The van der Waals surface area contributed by atoms with Crippen LogP contribution in [0.3, 0.4) is 0 Å². The molecule has 2 aromatic carbocycles. The summed E-state index contributed by atoms with van der Waals surface area (Å²) in [6, 6.07) is 19.3. The highest BCUT2D eigenvalue weighted by molar-refractivity contribution is 5.94. The molecule has 0 unspecified atom stereocenters. The third-order valence-corrected chi connectivity index (χ3v) is 5.64. The minimum atomic E-state index is -0.277. The van der Waals surface area contributed by atoms with Crippen LogP contribution in [0.1, 0.15) is 57.4 Å². The molecule has 0 saturated carbocycles. The molecule has 0 aliphatic carbocycles. The molecule has 0 aliphatic heterocycles. The molecule has 2 N–H and O–H groups in total. The number of unbranched alkanes of at least 4 members (excludes halogenated alkanes) is 1. The number of benzene rings is 2. The zero-order chi connectivity index (χ0) is 25.4. The van der Waals surface area contributed by atoms with Gasteiger partial charge in [0.25, 0.3) is 0 Å². The smallest absolute Gasteiger partial charge is 0.318 e. The maximum absolute atomic E-state index is 13.2. The second kappa shape index (κ2) is 11.7. The van der Waals surface area contributed by atoms with Crippen molar-refractivity contribution in [3.63, 3.8) is 0 Å². The Hall–Kier alpha value is -3.61. The second-order valence-corrected chi connectivity index (χ2v) is 9.89. The first-order valence-corrected chi connectivity index (χ1v) is 12.2. The first kappa shape index (κ1) is 26.0. The number of hydrogen-bond acceptors (Lipinski definition) is 3. The van der Waals surface area contributed by atoms with E-state index >= 15 is 0 Å². The van der Waals surface area contributed by atoms with Crippen molar-refractivity contribution in [3.8, 4) is 5.69 Å². The summed E-state index contributed by atoms with van der Waals surface area (Å²) in [5.74, 6) is 0.303. The van der Waals surface area contributed by atoms with Gasteiger partial charge in [0.1, 0.15) is 12.4 Å². The number of nitrogens with one attached hydrogen (secondary N) is 2. The number of hydrogen-bond donors (Lipinski definition) is 2. The van der Waals surface area contributed by atoms with Crippen LogP contribution in [0.15, 0.2) is 60.7 Å². The lowest BCUT2D eigenvalue weighted by atomic mass is 9.92. The van der Waals surface area contributed by atoms with Crippen LogP contribution in [0.2, 0.25) is 0 Å². The Kier molecular flexibility index (Phi) is 8.68. The Balaban J connectivity index is 1.83. The van der Waals surface area contributed by atoms with Gasteiger partial charge in [-0.2, -0.15) is 5.10 Å². The summed E-state index contributed by atoms with van der Waals surface area (Å²) < 4.78 is 1.76. The highest BCUT2D eigenvalue weighted by Crippen LogP contribution is 2.26. The van der Waals surface area contributed by atoms with Gasteiger partial charge in [-0.3, -0.25) is 4.79 Å². The molecule has 0 bridgehead atoms. The van der Waals surface area contributed by atoms with Gasteiger partial charge >= 0.3 is 6.03 Å². The summed E-state index contributed by atoms with van der Waals surface area (Å²) in [7, 11) is 0. The molecule has 3 aromatic rings. The summed E-state index contributed by atoms with van der Waals surface area (Å²) in [4.78, 5) is 27.6. The van der Waals surface area contributed by atoms with E-state index in [4.69, 9.17) is 5.10 Å². The number of aromatic nitrogens is 2. The molecule has 0 aliphatic rings.